The van der Waals surface area contributed by atoms with Gasteiger partial charge in [-0.05, 0) is 30.7 Å². The molecule has 0 aliphatic rings. The highest BCUT2D eigenvalue weighted by molar-refractivity contribution is 9.10. The van der Waals surface area contributed by atoms with E-state index in [2.05, 4.69) is 32.6 Å². The molecule has 0 spiro atoms. The second-order valence-corrected chi connectivity index (χ2v) is 4.64. The molecular formula is C12H12BrN3O. The highest BCUT2D eigenvalue weighted by Gasteiger charge is 2.09. The number of nitrogens with zero attached hydrogens (tertiary/aromatic N) is 2. The Morgan fingerprint density at radius 1 is 1.47 bits per heavy atom. The van der Waals surface area contributed by atoms with E-state index < -0.39 is 0 Å². The lowest BCUT2D eigenvalue weighted by Gasteiger charge is -2.03. The van der Waals surface area contributed by atoms with Crippen molar-refractivity contribution < 1.29 is 4.52 Å². The van der Waals surface area contributed by atoms with Crippen LogP contribution in [0.2, 0.25) is 0 Å². The SMILES string of the molecule is C=C(C)c1cc(Br)cc(-c2noc(CN)n2)c1. The van der Waals surface area contributed by atoms with Gasteiger partial charge in [0.05, 0.1) is 6.54 Å². The van der Waals surface area contributed by atoms with Gasteiger partial charge >= 0.3 is 0 Å². The number of aromatic nitrogens is 2. The predicted molar refractivity (Wildman–Crippen MR) is 70.0 cm³/mol. The predicted octanol–water partition coefficient (Wildman–Crippen LogP) is 2.99. The Balaban J connectivity index is 2.47. The van der Waals surface area contributed by atoms with Crippen molar-refractivity contribution in [1.82, 2.24) is 10.1 Å². The third-order valence-corrected chi connectivity index (χ3v) is 2.75. The van der Waals surface area contributed by atoms with Gasteiger partial charge in [0, 0.05) is 10.0 Å². The highest BCUT2D eigenvalue weighted by atomic mass is 79.9. The van der Waals surface area contributed by atoms with Crippen LogP contribution in [0.5, 0.6) is 0 Å². The molecule has 0 saturated heterocycles. The summed E-state index contributed by atoms with van der Waals surface area (Å²) in [5.74, 6) is 0.964. The van der Waals surface area contributed by atoms with Gasteiger partial charge < -0.3 is 10.3 Å². The van der Waals surface area contributed by atoms with E-state index in [4.69, 9.17) is 10.3 Å². The van der Waals surface area contributed by atoms with Crippen LogP contribution in [0.4, 0.5) is 0 Å². The number of hydrogen-bond donors (Lipinski definition) is 1. The lowest BCUT2D eigenvalue weighted by molar-refractivity contribution is 0.380. The first kappa shape index (κ1) is 12.0. The van der Waals surface area contributed by atoms with E-state index in [1.807, 2.05) is 25.1 Å². The van der Waals surface area contributed by atoms with Gasteiger partial charge in [-0.15, -0.1) is 0 Å². The minimum absolute atomic E-state index is 0.244. The molecule has 5 heteroatoms. The zero-order valence-corrected chi connectivity index (χ0v) is 11.0. The van der Waals surface area contributed by atoms with Crippen molar-refractivity contribution in [3.63, 3.8) is 0 Å². The van der Waals surface area contributed by atoms with E-state index in [1.165, 1.54) is 0 Å². The molecule has 0 amide bonds. The van der Waals surface area contributed by atoms with Crippen LogP contribution >= 0.6 is 15.9 Å². The summed E-state index contributed by atoms with van der Waals surface area (Å²) in [7, 11) is 0. The third-order valence-electron chi connectivity index (χ3n) is 2.29. The van der Waals surface area contributed by atoms with Crippen molar-refractivity contribution in [2.75, 3.05) is 0 Å². The number of allylic oxidation sites excluding steroid dienone is 1. The molecule has 17 heavy (non-hydrogen) atoms. The molecule has 0 fully saturated rings. The Hall–Kier alpha value is -1.46. The van der Waals surface area contributed by atoms with Crippen LogP contribution in [0.3, 0.4) is 0 Å². The van der Waals surface area contributed by atoms with Crippen molar-refractivity contribution in [3.8, 4) is 11.4 Å². The first-order valence-electron chi connectivity index (χ1n) is 5.09. The molecule has 0 atom stereocenters. The Bertz CT molecular complexity index is 563. The van der Waals surface area contributed by atoms with E-state index in [9.17, 15) is 0 Å². The number of hydrogen-bond acceptors (Lipinski definition) is 4. The van der Waals surface area contributed by atoms with Gasteiger partial charge in [-0.3, -0.25) is 0 Å². The van der Waals surface area contributed by atoms with Crippen LogP contribution < -0.4 is 5.73 Å². The van der Waals surface area contributed by atoms with Crippen molar-refractivity contribution in [2.24, 2.45) is 5.73 Å². The minimum atomic E-state index is 0.244. The summed E-state index contributed by atoms with van der Waals surface area (Å²) in [5.41, 5.74) is 8.32. The number of nitrogens with two attached hydrogens (primary N) is 1. The van der Waals surface area contributed by atoms with Gasteiger partial charge in [0.25, 0.3) is 0 Å². The molecule has 1 aromatic carbocycles. The van der Waals surface area contributed by atoms with Gasteiger partial charge in [-0.25, -0.2) is 0 Å². The van der Waals surface area contributed by atoms with Crippen LogP contribution in [0, 0.1) is 0 Å². The Kier molecular flexibility index (Phi) is 3.40. The van der Waals surface area contributed by atoms with E-state index in [0.717, 1.165) is 21.2 Å². The monoisotopic (exact) mass is 293 g/mol. The molecule has 0 radical (unpaired) electrons. The fourth-order valence-electron chi connectivity index (χ4n) is 1.42. The molecular weight excluding hydrogens is 282 g/mol. The summed E-state index contributed by atoms with van der Waals surface area (Å²) in [6.45, 7) is 6.11. The van der Waals surface area contributed by atoms with E-state index in [1.54, 1.807) is 0 Å². The molecule has 2 N–H and O–H groups in total. The molecule has 4 nitrogen and oxygen atoms in total. The average Bonchev–Trinajstić information content (AvgIpc) is 2.76. The molecule has 2 rings (SSSR count). The second kappa shape index (κ2) is 4.81. The summed E-state index contributed by atoms with van der Waals surface area (Å²) in [6, 6.07) is 5.89. The summed E-state index contributed by atoms with van der Waals surface area (Å²) >= 11 is 3.45. The van der Waals surface area contributed by atoms with Crippen LogP contribution in [0.25, 0.3) is 17.0 Å². The van der Waals surface area contributed by atoms with Gasteiger partial charge in [0.15, 0.2) is 0 Å². The minimum Gasteiger partial charge on any atom is -0.338 e. The fourth-order valence-corrected chi connectivity index (χ4v) is 1.91. The van der Waals surface area contributed by atoms with Crippen LogP contribution in [-0.2, 0) is 6.54 Å². The Morgan fingerprint density at radius 2 is 2.24 bits per heavy atom. The first-order valence-corrected chi connectivity index (χ1v) is 5.89. The molecule has 1 aromatic heterocycles. The smallest absolute Gasteiger partial charge is 0.240 e. The zero-order chi connectivity index (χ0) is 12.4. The lowest BCUT2D eigenvalue weighted by Crippen LogP contribution is -1.95. The van der Waals surface area contributed by atoms with Crippen LogP contribution in [0.1, 0.15) is 18.4 Å². The molecule has 0 saturated carbocycles. The molecule has 0 aliphatic carbocycles. The van der Waals surface area contributed by atoms with Crippen molar-refractivity contribution in [1.29, 1.82) is 0 Å². The van der Waals surface area contributed by atoms with Gasteiger partial charge in [-0.1, -0.05) is 33.2 Å². The number of halogens is 1. The maximum Gasteiger partial charge on any atom is 0.240 e. The van der Waals surface area contributed by atoms with Crippen molar-refractivity contribution in [3.05, 3.63) is 40.7 Å². The van der Waals surface area contributed by atoms with Crippen LogP contribution in [0.15, 0.2) is 33.8 Å². The maximum absolute atomic E-state index is 5.43. The normalized spacial score (nSPS) is 10.5. The van der Waals surface area contributed by atoms with E-state index in [0.29, 0.717) is 11.7 Å². The molecule has 2 aromatic rings. The molecule has 0 unspecified atom stereocenters. The Morgan fingerprint density at radius 3 is 2.82 bits per heavy atom. The molecule has 0 aliphatic heterocycles. The topological polar surface area (TPSA) is 64.9 Å². The number of rotatable bonds is 3. The lowest BCUT2D eigenvalue weighted by atomic mass is 10.1. The fraction of sp³-hybridized carbons (Fsp3) is 0.167. The quantitative estimate of drug-likeness (QED) is 0.945. The summed E-state index contributed by atoms with van der Waals surface area (Å²) in [4.78, 5) is 4.19. The van der Waals surface area contributed by atoms with Crippen molar-refractivity contribution in [2.45, 2.75) is 13.5 Å². The highest BCUT2D eigenvalue weighted by Crippen LogP contribution is 2.26. The van der Waals surface area contributed by atoms with Gasteiger partial charge in [0.2, 0.25) is 11.7 Å². The third kappa shape index (κ3) is 2.62. The summed E-state index contributed by atoms with van der Waals surface area (Å²) in [5, 5.41) is 3.88. The average molecular weight is 294 g/mol. The van der Waals surface area contributed by atoms with E-state index >= 15 is 0 Å². The standard InChI is InChI=1S/C12H12BrN3O/c1-7(2)8-3-9(5-10(13)4-8)12-15-11(6-14)17-16-12/h3-5H,1,6,14H2,2H3. The second-order valence-electron chi connectivity index (χ2n) is 3.72. The van der Waals surface area contributed by atoms with Crippen LogP contribution in [-0.4, -0.2) is 10.1 Å². The summed E-state index contributed by atoms with van der Waals surface area (Å²) < 4.78 is 5.94. The van der Waals surface area contributed by atoms with Gasteiger partial charge in [0.1, 0.15) is 0 Å². The largest absolute Gasteiger partial charge is 0.338 e. The Labute approximate surface area is 108 Å². The number of benzene rings is 1. The molecule has 88 valence electrons. The molecule has 0 bridgehead atoms. The summed E-state index contributed by atoms with van der Waals surface area (Å²) in [6.07, 6.45) is 0. The van der Waals surface area contributed by atoms with Crippen molar-refractivity contribution >= 4 is 21.5 Å². The van der Waals surface area contributed by atoms with E-state index in [-0.39, 0.29) is 6.54 Å². The van der Waals surface area contributed by atoms with Gasteiger partial charge in [-0.2, -0.15) is 4.98 Å². The maximum atomic E-state index is 5.43. The zero-order valence-electron chi connectivity index (χ0n) is 9.40. The first-order chi connectivity index (χ1) is 8.10. The molecule has 1 heterocycles.